The van der Waals surface area contributed by atoms with E-state index in [1.807, 2.05) is 26.0 Å². The molecule has 108 valence electrons. The molecule has 0 saturated carbocycles. The van der Waals surface area contributed by atoms with E-state index in [-0.39, 0.29) is 17.9 Å². The van der Waals surface area contributed by atoms with Gasteiger partial charge in [0, 0.05) is 12.4 Å². The summed E-state index contributed by atoms with van der Waals surface area (Å²) in [5.74, 6) is -0.133. The van der Waals surface area contributed by atoms with Crippen LogP contribution in [0.1, 0.15) is 45.7 Å². The maximum Gasteiger partial charge on any atom is 0.248 e. The number of hydrogen-bond acceptors (Lipinski definition) is 3. The van der Waals surface area contributed by atoms with Crippen molar-refractivity contribution < 1.29 is 9.59 Å². The van der Waals surface area contributed by atoms with Crippen molar-refractivity contribution in [1.82, 2.24) is 15.2 Å². The Labute approximate surface area is 119 Å². The maximum absolute atomic E-state index is 12.7. The molecule has 1 N–H and O–H groups in total. The molecule has 0 aromatic carbocycles. The lowest BCUT2D eigenvalue weighted by Crippen LogP contribution is -2.68. The molecule has 0 bridgehead atoms. The van der Waals surface area contributed by atoms with Gasteiger partial charge in [0.05, 0.1) is 6.04 Å². The van der Waals surface area contributed by atoms with Gasteiger partial charge >= 0.3 is 0 Å². The van der Waals surface area contributed by atoms with E-state index in [0.717, 1.165) is 5.56 Å². The highest BCUT2D eigenvalue weighted by Crippen LogP contribution is 2.29. The van der Waals surface area contributed by atoms with E-state index >= 15 is 0 Å². The van der Waals surface area contributed by atoms with Crippen LogP contribution in [-0.4, -0.2) is 33.3 Å². The second-order valence-electron chi connectivity index (χ2n) is 5.71. The number of hydrogen-bond donors (Lipinski definition) is 1. The van der Waals surface area contributed by atoms with E-state index in [2.05, 4.69) is 10.3 Å². The Morgan fingerprint density at radius 1 is 1.35 bits per heavy atom. The van der Waals surface area contributed by atoms with Crippen molar-refractivity contribution in [3.63, 3.8) is 0 Å². The Morgan fingerprint density at radius 3 is 2.50 bits per heavy atom. The predicted octanol–water partition coefficient (Wildman–Crippen LogP) is 1.66. The molecule has 1 fully saturated rings. The minimum atomic E-state index is -0.857. The van der Waals surface area contributed by atoms with Gasteiger partial charge in [-0.25, -0.2) is 0 Å². The van der Waals surface area contributed by atoms with Gasteiger partial charge in [-0.2, -0.15) is 0 Å². The first-order valence-corrected chi connectivity index (χ1v) is 6.93. The number of aromatic nitrogens is 1. The molecule has 1 aromatic rings. The highest BCUT2D eigenvalue weighted by molar-refractivity contribution is 5.99. The van der Waals surface area contributed by atoms with Crippen LogP contribution in [-0.2, 0) is 9.59 Å². The fourth-order valence-electron chi connectivity index (χ4n) is 2.67. The third kappa shape index (κ3) is 2.40. The molecular weight excluding hydrogens is 254 g/mol. The van der Waals surface area contributed by atoms with Gasteiger partial charge in [0.1, 0.15) is 11.6 Å². The van der Waals surface area contributed by atoms with Crippen molar-refractivity contribution in [2.75, 3.05) is 0 Å². The molecule has 1 aromatic heterocycles. The van der Waals surface area contributed by atoms with Crippen molar-refractivity contribution in [2.24, 2.45) is 0 Å². The van der Waals surface area contributed by atoms with E-state index in [1.165, 1.54) is 0 Å². The van der Waals surface area contributed by atoms with E-state index in [1.54, 1.807) is 31.1 Å². The summed E-state index contributed by atoms with van der Waals surface area (Å²) in [6, 6.07) is 3.19. The van der Waals surface area contributed by atoms with Crippen LogP contribution < -0.4 is 5.32 Å². The Balaban J connectivity index is 2.39. The SMILES string of the molecule is CCC1C(=O)NC(C)(C)C(=O)N1C(C)c1ccncc1. The molecule has 5 heteroatoms. The molecule has 0 aliphatic carbocycles. The molecule has 2 amide bonds. The summed E-state index contributed by atoms with van der Waals surface area (Å²) in [7, 11) is 0. The first-order valence-electron chi connectivity index (χ1n) is 6.93. The summed E-state index contributed by atoms with van der Waals surface area (Å²) < 4.78 is 0. The van der Waals surface area contributed by atoms with Crippen molar-refractivity contribution >= 4 is 11.8 Å². The summed E-state index contributed by atoms with van der Waals surface area (Å²) in [4.78, 5) is 30.6. The molecule has 20 heavy (non-hydrogen) atoms. The Bertz CT molecular complexity index is 513. The Kier molecular flexibility index (Phi) is 3.79. The first kappa shape index (κ1) is 14.5. The smallest absolute Gasteiger partial charge is 0.248 e. The highest BCUT2D eigenvalue weighted by Gasteiger charge is 2.46. The fraction of sp³-hybridized carbons (Fsp3) is 0.533. The number of nitrogens with zero attached hydrogens (tertiary/aromatic N) is 2. The zero-order valence-corrected chi connectivity index (χ0v) is 12.4. The summed E-state index contributed by atoms with van der Waals surface area (Å²) >= 11 is 0. The third-order valence-corrected chi connectivity index (χ3v) is 3.84. The number of rotatable bonds is 3. The van der Waals surface area contributed by atoms with Gasteiger partial charge in [-0.15, -0.1) is 0 Å². The van der Waals surface area contributed by atoms with E-state index in [0.29, 0.717) is 6.42 Å². The lowest BCUT2D eigenvalue weighted by molar-refractivity contribution is -0.156. The molecule has 0 spiro atoms. The lowest BCUT2D eigenvalue weighted by atomic mass is 9.92. The van der Waals surface area contributed by atoms with E-state index in [9.17, 15) is 9.59 Å². The summed E-state index contributed by atoms with van der Waals surface area (Å²) in [5.41, 5.74) is 0.127. The van der Waals surface area contributed by atoms with Gasteiger partial charge < -0.3 is 10.2 Å². The fourth-order valence-corrected chi connectivity index (χ4v) is 2.67. The number of nitrogens with one attached hydrogen (secondary N) is 1. The number of amides is 2. The van der Waals surface area contributed by atoms with Crippen LogP contribution in [0.3, 0.4) is 0 Å². The van der Waals surface area contributed by atoms with E-state index in [4.69, 9.17) is 0 Å². The molecule has 2 rings (SSSR count). The predicted molar refractivity (Wildman–Crippen MR) is 75.8 cm³/mol. The number of piperazine rings is 1. The van der Waals surface area contributed by atoms with Crippen molar-refractivity contribution in [1.29, 1.82) is 0 Å². The van der Waals surface area contributed by atoms with Crippen LogP contribution in [0.2, 0.25) is 0 Å². The van der Waals surface area contributed by atoms with Crippen LogP contribution in [0.25, 0.3) is 0 Å². The van der Waals surface area contributed by atoms with Gasteiger partial charge in [-0.3, -0.25) is 14.6 Å². The second kappa shape index (κ2) is 5.23. The summed E-state index contributed by atoms with van der Waals surface area (Å²) in [6.07, 6.45) is 4.00. The van der Waals surface area contributed by atoms with Gasteiger partial charge in [0.2, 0.25) is 11.8 Å². The second-order valence-corrected chi connectivity index (χ2v) is 5.71. The zero-order chi connectivity index (χ0) is 14.9. The van der Waals surface area contributed by atoms with Crippen LogP contribution in [0.5, 0.6) is 0 Å². The quantitative estimate of drug-likeness (QED) is 0.912. The summed E-state index contributed by atoms with van der Waals surface area (Å²) in [5, 5.41) is 2.80. The Hall–Kier alpha value is -1.91. The average molecular weight is 275 g/mol. The maximum atomic E-state index is 12.7. The van der Waals surface area contributed by atoms with Crippen molar-refractivity contribution in [3.05, 3.63) is 30.1 Å². The van der Waals surface area contributed by atoms with Crippen LogP contribution in [0.15, 0.2) is 24.5 Å². The number of carbonyl (C=O) groups excluding carboxylic acids is 2. The van der Waals surface area contributed by atoms with Gasteiger partial charge in [0.15, 0.2) is 0 Å². The number of carbonyl (C=O) groups is 2. The molecule has 5 nitrogen and oxygen atoms in total. The third-order valence-electron chi connectivity index (χ3n) is 3.84. The molecule has 2 heterocycles. The van der Waals surface area contributed by atoms with Crippen LogP contribution in [0.4, 0.5) is 0 Å². The normalized spacial score (nSPS) is 23.4. The standard InChI is InChI=1S/C15H21N3O2/c1-5-12-13(19)17-15(3,4)14(20)18(12)10(2)11-6-8-16-9-7-11/h6-10,12H,5H2,1-4H3,(H,17,19). The minimum Gasteiger partial charge on any atom is -0.340 e. The van der Waals surface area contributed by atoms with Crippen molar-refractivity contribution in [3.8, 4) is 0 Å². The topological polar surface area (TPSA) is 62.3 Å². The van der Waals surface area contributed by atoms with Crippen molar-refractivity contribution in [2.45, 2.75) is 51.7 Å². The first-order chi connectivity index (χ1) is 9.38. The highest BCUT2D eigenvalue weighted by atomic mass is 16.2. The number of pyridine rings is 1. The largest absolute Gasteiger partial charge is 0.340 e. The van der Waals surface area contributed by atoms with E-state index < -0.39 is 11.6 Å². The van der Waals surface area contributed by atoms with Gasteiger partial charge in [0.25, 0.3) is 0 Å². The zero-order valence-electron chi connectivity index (χ0n) is 12.4. The molecular formula is C15H21N3O2. The Morgan fingerprint density at radius 2 is 1.95 bits per heavy atom. The molecule has 1 aliphatic heterocycles. The van der Waals surface area contributed by atoms with Gasteiger partial charge in [-0.05, 0) is 44.9 Å². The van der Waals surface area contributed by atoms with Crippen LogP contribution in [0, 0.1) is 0 Å². The van der Waals surface area contributed by atoms with Crippen LogP contribution >= 0.6 is 0 Å². The monoisotopic (exact) mass is 275 g/mol. The average Bonchev–Trinajstić information content (AvgIpc) is 2.42. The molecule has 0 radical (unpaired) electrons. The lowest BCUT2D eigenvalue weighted by Gasteiger charge is -2.45. The molecule has 2 atom stereocenters. The van der Waals surface area contributed by atoms with Gasteiger partial charge in [-0.1, -0.05) is 6.92 Å². The molecule has 2 unspecified atom stereocenters. The minimum absolute atomic E-state index is 0.0479. The summed E-state index contributed by atoms with van der Waals surface area (Å²) in [6.45, 7) is 7.35. The molecule has 1 aliphatic rings. The molecule has 1 saturated heterocycles.